The minimum absolute atomic E-state index is 1.11. The molecule has 0 spiro atoms. The summed E-state index contributed by atoms with van der Waals surface area (Å²) in [6, 6.07) is 70.5. The molecule has 0 saturated carbocycles. The van der Waals surface area contributed by atoms with Crippen molar-refractivity contribution in [3.63, 3.8) is 0 Å². The van der Waals surface area contributed by atoms with E-state index < -0.39 is 0 Å². The summed E-state index contributed by atoms with van der Waals surface area (Å²) in [6.07, 6.45) is 0. The summed E-state index contributed by atoms with van der Waals surface area (Å²) in [6.45, 7) is 0. The average Bonchev–Trinajstić information content (AvgIpc) is 3.51. The zero-order valence-electron chi connectivity index (χ0n) is 27.4. The summed E-state index contributed by atoms with van der Waals surface area (Å²) in [5, 5.41) is 9.95. The van der Waals surface area contributed by atoms with E-state index in [9.17, 15) is 0 Å². The fourth-order valence-electron chi connectivity index (χ4n) is 7.97. The number of hydrogen-bond acceptors (Lipinski definition) is 1. The molecule has 10 rings (SSSR count). The number of fused-ring (bicyclic) bond motifs is 7. The van der Waals surface area contributed by atoms with E-state index >= 15 is 0 Å². The first-order valence-electron chi connectivity index (χ1n) is 17.2. The number of rotatable bonds is 5. The molecule has 10 aromatic rings. The summed E-state index contributed by atoms with van der Waals surface area (Å²) in [7, 11) is 0. The van der Waals surface area contributed by atoms with E-state index in [4.69, 9.17) is 0 Å². The molecule has 9 aromatic carbocycles. The van der Waals surface area contributed by atoms with Crippen molar-refractivity contribution in [2.75, 3.05) is 4.90 Å². The lowest BCUT2D eigenvalue weighted by atomic mass is 9.92. The monoisotopic (exact) mass is 636 g/mol. The third-order valence-corrected chi connectivity index (χ3v) is 10.1. The molecule has 0 atom stereocenters. The number of para-hydroxylation sites is 3. The Morgan fingerprint density at radius 1 is 0.360 bits per heavy atom. The number of anilines is 3. The van der Waals surface area contributed by atoms with Gasteiger partial charge in [0.25, 0.3) is 0 Å². The van der Waals surface area contributed by atoms with Gasteiger partial charge in [-0.25, -0.2) is 0 Å². The van der Waals surface area contributed by atoms with Crippen LogP contribution in [0.3, 0.4) is 0 Å². The van der Waals surface area contributed by atoms with Gasteiger partial charge in [0.1, 0.15) is 0 Å². The van der Waals surface area contributed by atoms with Crippen LogP contribution in [0.4, 0.5) is 17.1 Å². The normalized spacial score (nSPS) is 11.6. The van der Waals surface area contributed by atoms with Crippen LogP contribution in [0, 0.1) is 0 Å². The molecule has 2 nitrogen and oxygen atoms in total. The van der Waals surface area contributed by atoms with Crippen molar-refractivity contribution in [2.45, 2.75) is 0 Å². The fourth-order valence-corrected chi connectivity index (χ4v) is 7.97. The molecule has 0 radical (unpaired) electrons. The lowest BCUT2D eigenvalue weighted by Crippen LogP contribution is -2.10. The molecule has 0 aliphatic rings. The molecular formula is C48H32N2. The zero-order valence-corrected chi connectivity index (χ0v) is 27.4. The highest BCUT2D eigenvalue weighted by atomic mass is 15.1. The number of hydrogen-bond donors (Lipinski definition) is 0. The van der Waals surface area contributed by atoms with Crippen LogP contribution in [0.25, 0.3) is 70.9 Å². The van der Waals surface area contributed by atoms with Gasteiger partial charge in [0.05, 0.1) is 16.7 Å². The van der Waals surface area contributed by atoms with Crippen molar-refractivity contribution in [1.82, 2.24) is 4.57 Å². The standard InChI is InChI=1S/C48H32N2/c1-3-19-36(20-4-1)49(45-31-33-16-7-9-24-39(33)41-26-11-12-27-42(41)45)38-23-15-18-35(30-38)47-40-25-10-8-17-34(40)32-46-48(47)43-28-13-14-29-44(43)50(46)37-21-5-2-6-22-37/h1-32H. The maximum atomic E-state index is 2.42. The predicted molar refractivity (Wildman–Crippen MR) is 213 cm³/mol. The van der Waals surface area contributed by atoms with Gasteiger partial charge in [-0.1, -0.05) is 140 Å². The second-order valence-electron chi connectivity index (χ2n) is 12.9. The van der Waals surface area contributed by atoms with Gasteiger partial charge in [0.15, 0.2) is 0 Å². The van der Waals surface area contributed by atoms with E-state index in [0.29, 0.717) is 0 Å². The highest BCUT2D eigenvalue weighted by molar-refractivity contribution is 6.23. The van der Waals surface area contributed by atoms with Crippen molar-refractivity contribution < 1.29 is 0 Å². The highest BCUT2D eigenvalue weighted by Crippen LogP contribution is 2.46. The average molecular weight is 637 g/mol. The van der Waals surface area contributed by atoms with Gasteiger partial charge >= 0.3 is 0 Å². The molecule has 0 bridgehead atoms. The van der Waals surface area contributed by atoms with Crippen LogP contribution in [-0.4, -0.2) is 4.57 Å². The van der Waals surface area contributed by atoms with Gasteiger partial charge in [0.2, 0.25) is 0 Å². The van der Waals surface area contributed by atoms with Crippen LogP contribution >= 0.6 is 0 Å². The lowest BCUT2D eigenvalue weighted by Gasteiger charge is -2.28. The molecule has 50 heavy (non-hydrogen) atoms. The van der Waals surface area contributed by atoms with Crippen molar-refractivity contribution >= 4 is 71.2 Å². The Balaban J connectivity index is 1.29. The van der Waals surface area contributed by atoms with Crippen LogP contribution in [0.2, 0.25) is 0 Å². The van der Waals surface area contributed by atoms with E-state index in [0.717, 1.165) is 22.7 Å². The van der Waals surface area contributed by atoms with Crippen LogP contribution < -0.4 is 4.90 Å². The summed E-state index contributed by atoms with van der Waals surface area (Å²) in [5.41, 5.74) is 9.40. The van der Waals surface area contributed by atoms with Crippen LogP contribution in [0.1, 0.15) is 0 Å². The van der Waals surface area contributed by atoms with E-state index in [-0.39, 0.29) is 0 Å². The summed E-state index contributed by atoms with van der Waals surface area (Å²) >= 11 is 0. The largest absolute Gasteiger partial charge is 0.310 e. The third kappa shape index (κ3) is 4.43. The van der Waals surface area contributed by atoms with Crippen LogP contribution in [0.5, 0.6) is 0 Å². The third-order valence-electron chi connectivity index (χ3n) is 10.1. The summed E-state index contributed by atoms with van der Waals surface area (Å²) in [4.78, 5) is 2.42. The molecule has 0 N–H and O–H groups in total. The molecule has 0 fully saturated rings. The maximum Gasteiger partial charge on any atom is 0.0553 e. The predicted octanol–water partition coefficient (Wildman–Crippen LogP) is 13.4. The Hall–Kier alpha value is -6.64. The SMILES string of the molecule is c1ccc(N(c2cccc(-c3c4ccccc4cc4c3c3ccccc3n4-c3ccccc3)c2)c2cc3ccccc3c3ccccc23)cc1. The van der Waals surface area contributed by atoms with E-state index in [1.807, 2.05) is 0 Å². The second kappa shape index (κ2) is 11.5. The fraction of sp³-hybridized carbons (Fsp3) is 0. The van der Waals surface area contributed by atoms with Crippen LogP contribution in [0.15, 0.2) is 194 Å². The number of benzene rings is 9. The highest BCUT2D eigenvalue weighted by Gasteiger charge is 2.21. The zero-order chi connectivity index (χ0) is 33.0. The minimum atomic E-state index is 1.11. The first-order chi connectivity index (χ1) is 24.8. The Kier molecular flexibility index (Phi) is 6.53. The Morgan fingerprint density at radius 3 is 1.72 bits per heavy atom. The van der Waals surface area contributed by atoms with Crippen molar-refractivity contribution in [3.05, 3.63) is 194 Å². The maximum absolute atomic E-state index is 2.42. The second-order valence-corrected chi connectivity index (χ2v) is 12.9. The van der Waals surface area contributed by atoms with Gasteiger partial charge in [-0.05, 0) is 92.7 Å². The Labute approximate surface area is 290 Å². The van der Waals surface area contributed by atoms with Crippen molar-refractivity contribution in [3.8, 4) is 16.8 Å². The van der Waals surface area contributed by atoms with Gasteiger partial charge < -0.3 is 9.47 Å². The quantitative estimate of drug-likeness (QED) is 0.171. The molecule has 0 aliphatic heterocycles. The van der Waals surface area contributed by atoms with E-state index in [1.54, 1.807) is 0 Å². The first kappa shape index (κ1) is 28.4. The molecule has 0 amide bonds. The molecule has 0 saturated heterocycles. The molecule has 2 heteroatoms. The molecule has 0 aliphatic carbocycles. The molecule has 234 valence electrons. The smallest absolute Gasteiger partial charge is 0.0553 e. The van der Waals surface area contributed by atoms with Gasteiger partial charge in [-0.2, -0.15) is 0 Å². The summed E-state index contributed by atoms with van der Waals surface area (Å²) < 4.78 is 2.42. The van der Waals surface area contributed by atoms with Crippen LogP contribution in [-0.2, 0) is 0 Å². The van der Waals surface area contributed by atoms with Gasteiger partial charge in [0, 0.05) is 33.2 Å². The molecular weight excluding hydrogens is 605 g/mol. The van der Waals surface area contributed by atoms with Gasteiger partial charge in [-0.3, -0.25) is 0 Å². The van der Waals surface area contributed by atoms with Crippen molar-refractivity contribution in [1.29, 1.82) is 0 Å². The molecule has 1 heterocycles. The topological polar surface area (TPSA) is 8.17 Å². The van der Waals surface area contributed by atoms with E-state index in [2.05, 4.69) is 204 Å². The first-order valence-corrected chi connectivity index (χ1v) is 17.2. The summed E-state index contributed by atoms with van der Waals surface area (Å²) in [5.74, 6) is 0. The Morgan fingerprint density at radius 2 is 0.940 bits per heavy atom. The van der Waals surface area contributed by atoms with Crippen molar-refractivity contribution in [2.24, 2.45) is 0 Å². The molecule has 1 aromatic heterocycles. The minimum Gasteiger partial charge on any atom is -0.310 e. The molecule has 0 unspecified atom stereocenters. The number of aromatic nitrogens is 1. The number of nitrogens with zero attached hydrogens (tertiary/aromatic N) is 2. The lowest BCUT2D eigenvalue weighted by molar-refractivity contribution is 1.18. The Bertz CT molecular complexity index is 2870. The van der Waals surface area contributed by atoms with Gasteiger partial charge in [-0.15, -0.1) is 0 Å². The van der Waals surface area contributed by atoms with E-state index in [1.165, 1.54) is 65.3 Å².